The number of piperidine rings is 1. The molecule has 1 atom stereocenters. The average Bonchev–Trinajstić information content (AvgIpc) is 2.77. The number of hydrogen-bond acceptors (Lipinski definition) is 4. The summed E-state index contributed by atoms with van der Waals surface area (Å²) in [6, 6.07) is 0.827. The molecule has 0 aromatic rings. The number of nitrogens with zero attached hydrogens (tertiary/aromatic N) is 1. The molecule has 0 aliphatic carbocycles. The third-order valence-electron chi connectivity index (χ3n) is 5.01. The fourth-order valence-corrected chi connectivity index (χ4v) is 3.85. The van der Waals surface area contributed by atoms with Crippen molar-refractivity contribution < 1.29 is 9.47 Å². The molecule has 1 unspecified atom stereocenters. The van der Waals surface area contributed by atoms with Gasteiger partial charge in [-0.2, -0.15) is 0 Å². The van der Waals surface area contributed by atoms with E-state index in [0.29, 0.717) is 6.61 Å². The average molecular weight is 298 g/mol. The fraction of sp³-hybridized carbons (Fsp3) is 1.00. The van der Waals surface area contributed by atoms with Crippen molar-refractivity contribution in [2.45, 2.75) is 51.0 Å². The first-order chi connectivity index (χ1) is 10.4. The van der Waals surface area contributed by atoms with Crippen LogP contribution in [-0.4, -0.2) is 64.1 Å². The molecule has 4 nitrogen and oxygen atoms in total. The smallest absolute Gasteiger partial charge is 0.0700 e. The quantitative estimate of drug-likeness (QED) is 0.697. The van der Waals surface area contributed by atoms with E-state index in [1.165, 1.54) is 64.7 Å². The van der Waals surface area contributed by atoms with Crippen LogP contribution in [0.5, 0.6) is 0 Å². The molecule has 0 bridgehead atoms. The topological polar surface area (TPSA) is 33.7 Å². The summed E-state index contributed by atoms with van der Waals surface area (Å²) in [6.45, 7) is 7.26. The molecule has 2 aliphatic rings. The number of hydrogen-bond donors (Lipinski definition) is 1. The predicted octanol–water partition coefficient (Wildman–Crippen LogP) is 2.28. The highest BCUT2D eigenvalue weighted by atomic mass is 16.5. The van der Waals surface area contributed by atoms with E-state index >= 15 is 0 Å². The van der Waals surface area contributed by atoms with Crippen molar-refractivity contribution in [3.8, 4) is 0 Å². The van der Waals surface area contributed by atoms with Crippen LogP contribution in [0, 0.1) is 5.92 Å². The summed E-state index contributed by atoms with van der Waals surface area (Å²) in [5.41, 5.74) is 0. The number of likely N-dealkylation sites (tertiary alicyclic amines) is 1. The van der Waals surface area contributed by atoms with Gasteiger partial charge in [-0.15, -0.1) is 0 Å². The number of ether oxygens (including phenoxy) is 2. The molecule has 4 heteroatoms. The second-order valence-corrected chi connectivity index (χ2v) is 6.50. The SMILES string of the molecule is COCCOCCCN1CCCCCC1C1CCNCC1. The molecule has 2 rings (SSSR count). The molecule has 0 spiro atoms. The Morgan fingerprint density at radius 1 is 1.00 bits per heavy atom. The number of rotatable bonds is 8. The van der Waals surface area contributed by atoms with Crippen LogP contribution >= 0.6 is 0 Å². The normalized spacial score (nSPS) is 25.9. The van der Waals surface area contributed by atoms with Gasteiger partial charge in [0.05, 0.1) is 13.2 Å². The molecule has 1 N–H and O–H groups in total. The maximum atomic E-state index is 5.62. The van der Waals surface area contributed by atoms with Crippen molar-refractivity contribution >= 4 is 0 Å². The molecule has 0 amide bonds. The van der Waals surface area contributed by atoms with Crippen molar-refractivity contribution in [1.29, 1.82) is 0 Å². The van der Waals surface area contributed by atoms with Crippen LogP contribution in [0.15, 0.2) is 0 Å². The lowest BCUT2D eigenvalue weighted by atomic mass is 9.87. The van der Waals surface area contributed by atoms with Crippen molar-refractivity contribution in [2.24, 2.45) is 5.92 Å². The molecular formula is C17H34N2O2. The zero-order valence-electron chi connectivity index (χ0n) is 13.8. The number of nitrogens with one attached hydrogen (secondary N) is 1. The van der Waals surface area contributed by atoms with E-state index in [-0.39, 0.29) is 0 Å². The van der Waals surface area contributed by atoms with Crippen molar-refractivity contribution in [3.05, 3.63) is 0 Å². The zero-order chi connectivity index (χ0) is 14.8. The van der Waals surface area contributed by atoms with E-state index in [0.717, 1.165) is 31.6 Å². The Hall–Kier alpha value is -0.160. The van der Waals surface area contributed by atoms with E-state index in [1.807, 2.05) is 0 Å². The summed E-state index contributed by atoms with van der Waals surface area (Å²) < 4.78 is 10.6. The molecule has 124 valence electrons. The second-order valence-electron chi connectivity index (χ2n) is 6.50. The molecule has 0 radical (unpaired) electrons. The molecule has 21 heavy (non-hydrogen) atoms. The van der Waals surface area contributed by atoms with Crippen molar-refractivity contribution in [3.63, 3.8) is 0 Å². The van der Waals surface area contributed by atoms with Gasteiger partial charge in [0.2, 0.25) is 0 Å². The lowest BCUT2D eigenvalue weighted by Crippen LogP contribution is -2.44. The summed E-state index contributed by atoms with van der Waals surface area (Å²) in [4.78, 5) is 2.78. The van der Waals surface area contributed by atoms with Gasteiger partial charge in [0.15, 0.2) is 0 Å². The van der Waals surface area contributed by atoms with E-state index in [2.05, 4.69) is 10.2 Å². The Balaban J connectivity index is 1.73. The molecule has 2 fully saturated rings. The van der Waals surface area contributed by atoms with Crippen molar-refractivity contribution in [1.82, 2.24) is 10.2 Å². The monoisotopic (exact) mass is 298 g/mol. The Labute approximate surface area is 130 Å². The van der Waals surface area contributed by atoms with Gasteiger partial charge in [0, 0.05) is 26.3 Å². The van der Waals surface area contributed by atoms with Crippen LogP contribution < -0.4 is 5.32 Å². The predicted molar refractivity (Wildman–Crippen MR) is 86.7 cm³/mol. The zero-order valence-corrected chi connectivity index (χ0v) is 13.8. The Morgan fingerprint density at radius 2 is 1.86 bits per heavy atom. The Morgan fingerprint density at radius 3 is 2.67 bits per heavy atom. The molecule has 2 heterocycles. The van der Waals surface area contributed by atoms with Crippen LogP contribution in [0.1, 0.15) is 44.9 Å². The highest BCUT2D eigenvalue weighted by Gasteiger charge is 2.29. The largest absolute Gasteiger partial charge is 0.382 e. The highest BCUT2D eigenvalue weighted by Crippen LogP contribution is 2.28. The van der Waals surface area contributed by atoms with Gasteiger partial charge in [-0.05, 0) is 57.7 Å². The highest BCUT2D eigenvalue weighted by molar-refractivity contribution is 4.84. The van der Waals surface area contributed by atoms with Gasteiger partial charge in [0.25, 0.3) is 0 Å². The Kier molecular flexibility index (Phi) is 8.64. The first kappa shape index (κ1) is 17.2. The van der Waals surface area contributed by atoms with Crippen LogP contribution in [-0.2, 0) is 9.47 Å². The molecule has 2 aliphatic heterocycles. The van der Waals surface area contributed by atoms with E-state index < -0.39 is 0 Å². The maximum absolute atomic E-state index is 5.62. The molecule has 0 aromatic heterocycles. The first-order valence-corrected chi connectivity index (χ1v) is 8.93. The maximum Gasteiger partial charge on any atom is 0.0700 e. The summed E-state index contributed by atoms with van der Waals surface area (Å²) in [5, 5.41) is 3.51. The van der Waals surface area contributed by atoms with Gasteiger partial charge >= 0.3 is 0 Å². The molecule has 2 saturated heterocycles. The molecular weight excluding hydrogens is 264 g/mol. The van der Waals surface area contributed by atoms with E-state index in [1.54, 1.807) is 7.11 Å². The van der Waals surface area contributed by atoms with Crippen LogP contribution in [0.4, 0.5) is 0 Å². The summed E-state index contributed by atoms with van der Waals surface area (Å²) >= 11 is 0. The third kappa shape index (κ3) is 6.23. The third-order valence-corrected chi connectivity index (χ3v) is 5.01. The minimum Gasteiger partial charge on any atom is -0.382 e. The van der Waals surface area contributed by atoms with E-state index in [9.17, 15) is 0 Å². The van der Waals surface area contributed by atoms with Crippen molar-refractivity contribution in [2.75, 3.05) is 53.1 Å². The summed E-state index contributed by atoms with van der Waals surface area (Å²) in [6.07, 6.45) is 9.53. The lowest BCUT2D eigenvalue weighted by molar-refractivity contribution is 0.0576. The fourth-order valence-electron chi connectivity index (χ4n) is 3.85. The van der Waals surface area contributed by atoms with Crippen LogP contribution in [0.3, 0.4) is 0 Å². The lowest BCUT2D eigenvalue weighted by Gasteiger charge is -2.38. The summed E-state index contributed by atoms with van der Waals surface area (Å²) in [5.74, 6) is 0.916. The first-order valence-electron chi connectivity index (χ1n) is 8.93. The standard InChI is InChI=1S/C17H34N2O2/c1-20-14-15-21-13-5-12-19-11-4-2-3-6-17(19)16-7-9-18-10-8-16/h16-18H,2-15H2,1H3. The van der Waals surface area contributed by atoms with Crippen LogP contribution in [0.2, 0.25) is 0 Å². The minimum absolute atomic E-state index is 0.710. The number of methoxy groups -OCH3 is 1. The van der Waals surface area contributed by atoms with Gasteiger partial charge in [0.1, 0.15) is 0 Å². The van der Waals surface area contributed by atoms with Crippen LogP contribution in [0.25, 0.3) is 0 Å². The second kappa shape index (κ2) is 10.5. The van der Waals surface area contributed by atoms with Gasteiger partial charge in [-0.3, -0.25) is 0 Å². The Bertz CT molecular complexity index is 257. The minimum atomic E-state index is 0.710. The van der Waals surface area contributed by atoms with Gasteiger partial charge < -0.3 is 19.7 Å². The van der Waals surface area contributed by atoms with Gasteiger partial charge in [-0.1, -0.05) is 12.8 Å². The molecule has 0 saturated carbocycles. The van der Waals surface area contributed by atoms with E-state index in [4.69, 9.17) is 9.47 Å². The summed E-state index contributed by atoms with van der Waals surface area (Å²) in [7, 11) is 1.73. The van der Waals surface area contributed by atoms with Gasteiger partial charge in [-0.25, -0.2) is 0 Å². The molecule has 0 aromatic carbocycles.